The molecule has 1 aromatic heterocycles. The van der Waals surface area contributed by atoms with Gasteiger partial charge >= 0.3 is 0 Å². The predicted octanol–water partition coefficient (Wildman–Crippen LogP) is 2.22. The number of aryl methyl sites for hydroxylation is 1. The van der Waals surface area contributed by atoms with Gasteiger partial charge in [-0.3, -0.25) is 9.29 Å². The molecule has 1 heterocycles. The van der Waals surface area contributed by atoms with Crippen molar-refractivity contribution in [2.24, 2.45) is 0 Å². The number of nitrogens with zero attached hydrogens (tertiary/aromatic N) is 2. The van der Waals surface area contributed by atoms with Crippen LogP contribution in [0.2, 0.25) is 0 Å². The van der Waals surface area contributed by atoms with Gasteiger partial charge in [0.1, 0.15) is 10.6 Å². The van der Waals surface area contributed by atoms with E-state index in [1.54, 1.807) is 30.5 Å². The van der Waals surface area contributed by atoms with Crippen LogP contribution >= 0.6 is 0 Å². The number of rotatable bonds is 4. The number of hydrogen-bond acceptors (Lipinski definition) is 4. The highest BCUT2D eigenvalue weighted by Crippen LogP contribution is 2.29. The number of pyridine rings is 1. The van der Waals surface area contributed by atoms with Crippen LogP contribution in [0.5, 0.6) is 5.75 Å². The lowest BCUT2D eigenvalue weighted by Crippen LogP contribution is -2.27. The molecule has 2 aromatic rings. The summed E-state index contributed by atoms with van der Waals surface area (Å²) in [5.41, 5.74) is 1.35. The van der Waals surface area contributed by atoms with Crippen LogP contribution in [0.25, 0.3) is 0 Å². The molecule has 0 spiro atoms. The molecule has 5 nitrogen and oxygen atoms in total. The van der Waals surface area contributed by atoms with Crippen LogP contribution in [0.1, 0.15) is 5.56 Å². The van der Waals surface area contributed by atoms with Crippen LogP contribution < -0.4 is 9.04 Å². The largest absolute Gasteiger partial charge is 0.495 e. The summed E-state index contributed by atoms with van der Waals surface area (Å²) in [6.45, 7) is 1.84. The van der Waals surface area contributed by atoms with Crippen molar-refractivity contribution < 1.29 is 13.2 Å². The normalized spacial score (nSPS) is 11.2. The lowest BCUT2D eigenvalue weighted by Gasteiger charge is -2.20. The van der Waals surface area contributed by atoms with Crippen LogP contribution in [-0.2, 0) is 10.0 Å². The maximum Gasteiger partial charge on any atom is 0.267 e. The van der Waals surface area contributed by atoms with E-state index in [1.165, 1.54) is 24.7 Å². The molecule has 0 saturated carbocycles. The number of sulfonamides is 1. The average Bonchev–Trinajstić information content (AvgIpc) is 2.47. The molecule has 2 rings (SSSR count). The second-order valence-corrected chi connectivity index (χ2v) is 6.28. The van der Waals surface area contributed by atoms with Gasteiger partial charge in [-0.05, 0) is 36.8 Å². The molecule has 6 heteroatoms. The number of aromatic nitrogens is 1. The predicted molar refractivity (Wildman–Crippen MR) is 77.6 cm³/mol. The fourth-order valence-corrected chi connectivity index (χ4v) is 3.23. The van der Waals surface area contributed by atoms with Crippen LogP contribution in [0.4, 0.5) is 5.69 Å². The smallest absolute Gasteiger partial charge is 0.267 e. The molecule has 0 amide bonds. The molecule has 0 radical (unpaired) electrons. The molecular weight excluding hydrogens is 276 g/mol. The summed E-state index contributed by atoms with van der Waals surface area (Å²) < 4.78 is 31.7. The van der Waals surface area contributed by atoms with Gasteiger partial charge in [-0.15, -0.1) is 0 Å². The van der Waals surface area contributed by atoms with Gasteiger partial charge in [0.25, 0.3) is 10.0 Å². The van der Waals surface area contributed by atoms with Gasteiger partial charge in [-0.25, -0.2) is 8.42 Å². The lowest BCUT2D eigenvalue weighted by atomic mass is 10.2. The van der Waals surface area contributed by atoms with Crippen LogP contribution in [0.3, 0.4) is 0 Å². The molecule has 1 aromatic carbocycles. The number of ether oxygens (including phenoxy) is 1. The zero-order valence-electron chi connectivity index (χ0n) is 11.6. The molecule has 0 saturated heterocycles. The van der Waals surface area contributed by atoms with Crippen LogP contribution in [0, 0.1) is 6.92 Å². The SMILES string of the molecule is COc1ccc(C)cc1S(=O)(=O)N(C)c1cccnc1. The number of benzene rings is 1. The van der Waals surface area contributed by atoms with Crippen molar-refractivity contribution >= 4 is 15.7 Å². The van der Waals surface area contributed by atoms with Gasteiger partial charge < -0.3 is 4.74 Å². The number of hydrogen-bond donors (Lipinski definition) is 0. The molecule has 0 aliphatic rings. The Kier molecular flexibility index (Phi) is 3.94. The third kappa shape index (κ3) is 2.60. The Hall–Kier alpha value is -2.08. The molecule has 0 atom stereocenters. The van der Waals surface area contributed by atoms with E-state index in [2.05, 4.69) is 4.98 Å². The van der Waals surface area contributed by atoms with Gasteiger partial charge in [-0.1, -0.05) is 6.07 Å². The molecular formula is C14H16N2O3S. The van der Waals surface area contributed by atoms with E-state index < -0.39 is 10.0 Å². The summed E-state index contributed by atoms with van der Waals surface area (Å²) >= 11 is 0. The van der Waals surface area contributed by atoms with Crippen LogP contribution in [-0.4, -0.2) is 27.6 Å². The molecule has 0 bridgehead atoms. The fraction of sp³-hybridized carbons (Fsp3) is 0.214. The maximum atomic E-state index is 12.7. The first kappa shape index (κ1) is 14.3. The van der Waals surface area contributed by atoms with Crippen molar-refractivity contribution in [2.75, 3.05) is 18.5 Å². The molecule has 20 heavy (non-hydrogen) atoms. The average molecular weight is 292 g/mol. The summed E-state index contributed by atoms with van der Waals surface area (Å²) in [7, 11) is -0.743. The first-order valence-corrected chi connectivity index (χ1v) is 7.44. The van der Waals surface area contributed by atoms with Gasteiger partial charge in [0.2, 0.25) is 0 Å². The monoisotopic (exact) mass is 292 g/mol. The summed E-state index contributed by atoms with van der Waals surface area (Å²) in [6.07, 6.45) is 3.09. The summed E-state index contributed by atoms with van der Waals surface area (Å²) in [6, 6.07) is 8.43. The molecule has 0 aliphatic carbocycles. The van der Waals surface area contributed by atoms with Crippen molar-refractivity contribution in [3.05, 3.63) is 48.3 Å². The van der Waals surface area contributed by atoms with Gasteiger partial charge in [0.15, 0.2) is 0 Å². The Bertz CT molecular complexity index is 700. The zero-order valence-corrected chi connectivity index (χ0v) is 12.4. The Morgan fingerprint density at radius 2 is 2.00 bits per heavy atom. The zero-order chi connectivity index (χ0) is 14.8. The third-order valence-corrected chi connectivity index (χ3v) is 4.77. The Morgan fingerprint density at radius 1 is 1.25 bits per heavy atom. The van der Waals surface area contributed by atoms with Gasteiger partial charge in [0, 0.05) is 13.2 Å². The summed E-state index contributed by atoms with van der Waals surface area (Å²) in [4.78, 5) is 4.08. The van der Waals surface area contributed by atoms with Crippen molar-refractivity contribution in [1.29, 1.82) is 0 Å². The molecule has 106 valence electrons. The third-order valence-electron chi connectivity index (χ3n) is 2.97. The summed E-state index contributed by atoms with van der Waals surface area (Å²) in [5, 5.41) is 0. The van der Waals surface area contributed by atoms with E-state index in [1.807, 2.05) is 13.0 Å². The van der Waals surface area contributed by atoms with Gasteiger partial charge in [-0.2, -0.15) is 0 Å². The highest BCUT2D eigenvalue weighted by molar-refractivity contribution is 7.92. The topological polar surface area (TPSA) is 59.5 Å². The second-order valence-electron chi connectivity index (χ2n) is 4.34. The van der Waals surface area contributed by atoms with E-state index in [0.29, 0.717) is 11.4 Å². The molecule has 0 unspecified atom stereocenters. The molecule has 0 N–H and O–H groups in total. The summed E-state index contributed by atoms with van der Waals surface area (Å²) in [5.74, 6) is 0.325. The van der Waals surface area contributed by atoms with E-state index in [-0.39, 0.29) is 4.90 Å². The maximum absolute atomic E-state index is 12.7. The second kappa shape index (κ2) is 5.50. The quantitative estimate of drug-likeness (QED) is 0.867. The highest BCUT2D eigenvalue weighted by Gasteiger charge is 2.25. The standard InChI is InChI=1S/C14H16N2O3S/c1-11-6-7-13(19-3)14(9-11)20(17,18)16(2)12-5-4-8-15-10-12/h4-10H,1-3H3. The van der Waals surface area contributed by atoms with Gasteiger partial charge in [0.05, 0.1) is 19.0 Å². The van der Waals surface area contributed by atoms with E-state index in [0.717, 1.165) is 5.56 Å². The minimum Gasteiger partial charge on any atom is -0.495 e. The number of anilines is 1. The van der Waals surface area contributed by atoms with E-state index in [9.17, 15) is 8.42 Å². The lowest BCUT2D eigenvalue weighted by molar-refractivity contribution is 0.402. The fourth-order valence-electron chi connectivity index (χ4n) is 1.81. The Labute approximate surface area is 118 Å². The first-order valence-electron chi connectivity index (χ1n) is 6.00. The molecule has 0 fully saturated rings. The minimum absolute atomic E-state index is 0.145. The van der Waals surface area contributed by atoms with E-state index >= 15 is 0 Å². The van der Waals surface area contributed by atoms with Crippen molar-refractivity contribution in [3.63, 3.8) is 0 Å². The minimum atomic E-state index is -3.69. The van der Waals surface area contributed by atoms with E-state index in [4.69, 9.17) is 4.74 Å². The molecule has 0 aliphatic heterocycles. The van der Waals surface area contributed by atoms with Crippen LogP contribution in [0.15, 0.2) is 47.6 Å². The Morgan fingerprint density at radius 3 is 2.60 bits per heavy atom. The van der Waals surface area contributed by atoms with Crippen molar-refractivity contribution in [1.82, 2.24) is 4.98 Å². The number of methoxy groups -OCH3 is 1. The van der Waals surface area contributed by atoms with Crippen molar-refractivity contribution in [2.45, 2.75) is 11.8 Å². The Balaban J connectivity index is 2.53. The highest BCUT2D eigenvalue weighted by atomic mass is 32.2. The van der Waals surface area contributed by atoms with Crippen molar-refractivity contribution in [3.8, 4) is 5.75 Å². The first-order chi connectivity index (χ1) is 9.46.